The van der Waals surface area contributed by atoms with Gasteiger partial charge in [-0.05, 0) is 12.1 Å². The van der Waals surface area contributed by atoms with Crippen LogP contribution < -0.4 is 15.2 Å². The van der Waals surface area contributed by atoms with Crippen molar-refractivity contribution in [2.75, 3.05) is 14.2 Å². The normalized spacial score (nSPS) is 10.4. The molecule has 0 amide bonds. The van der Waals surface area contributed by atoms with Gasteiger partial charge in [0.2, 0.25) is 0 Å². The van der Waals surface area contributed by atoms with Gasteiger partial charge >= 0.3 is 0 Å². The number of aryl methyl sites for hydroxylation is 1. The molecule has 1 aromatic carbocycles. The number of hydrogen-bond acceptors (Lipinski definition) is 5. The second-order valence-corrected chi connectivity index (χ2v) is 3.75. The molecule has 0 radical (unpaired) electrons. The molecule has 0 aliphatic heterocycles. The minimum Gasteiger partial charge on any atom is -0.497 e. The van der Waals surface area contributed by atoms with E-state index in [1.807, 2.05) is 25.2 Å². The second-order valence-electron chi connectivity index (χ2n) is 3.75. The molecule has 1 aromatic heterocycles. The van der Waals surface area contributed by atoms with Crippen LogP contribution in [0.4, 0.5) is 0 Å². The Morgan fingerprint density at radius 3 is 2.61 bits per heavy atom. The summed E-state index contributed by atoms with van der Waals surface area (Å²) in [5.41, 5.74) is 6.39. The van der Waals surface area contributed by atoms with Crippen molar-refractivity contribution in [3.63, 3.8) is 0 Å². The van der Waals surface area contributed by atoms with Crippen LogP contribution in [-0.4, -0.2) is 29.0 Å². The number of nitrogens with zero attached hydrogens (tertiary/aromatic N) is 3. The highest BCUT2D eigenvalue weighted by Gasteiger charge is 2.14. The number of hydrogen-bond donors (Lipinski definition) is 1. The molecule has 0 fully saturated rings. The Hall–Kier alpha value is -2.08. The fraction of sp³-hybridized carbons (Fsp3) is 0.333. The number of nitrogens with two attached hydrogens (primary N) is 1. The lowest BCUT2D eigenvalue weighted by Gasteiger charge is -2.09. The highest BCUT2D eigenvalue weighted by molar-refractivity contribution is 5.66. The summed E-state index contributed by atoms with van der Waals surface area (Å²) in [6.45, 7) is 0.312. The van der Waals surface area contributed by atoms with Crippen LogP contribution in [0.2, 0.25) is 0 Å². The second kappa shape index (κ2) is 5.05. The van der Waals surface area contributed by atoms with E-state index >= 15 is 0 Å². The van der Waals surface area contributed by atoms with Crippen LogP contribution in [0, 0.1) is 0 Å². The molecule has 2 aromatic rings. The van der Waals surface area contributed by atoms with Crippen LogP contribution in [0.15, 0.2) is 18.2 Å². The zero-order valence-electron chi connectivity index (χ0n) is 10.7. The molecule has 0 saturated heterocycles. The fourth-order valence-electron chi connectivity index (χ4n) is 1.74. The molecule has 0 bridgehead atoms. The topological polar surface area (TPSA) is 75.2 Å². The molecule has 6 heteroatoms. The van der Waals surface area contributed by atoms with Gasteiger partial charge in [-0.2, -0.15) is 5.10 Å². The maximum Gasteiger partial charge on any atom is 0.164 e. The maximum atomic E-state index is 5.54. The van der Waals surface area contributed by atoms with Gasteiger partial charge in [-0.25, -0.2) is 9.67 Å². The Labute approximate surface area is 105 Å². The minimum absolute atomic E-state index is 0.312. The van der Waals surface area contributed by atoms with E-state index in [-0.39, 0.29) is 0 Å². The molecule has 0 aliphatic rings. The van der Waals surface area contributed by atoms with Gasteiger partial charge in [0.1, 0.15) is 11.5 Å². The van der Waals surface area contributed by atoms with Gasteiger partial charge in [-0.3, -0.25) is 0 Å². The summed E-state index contributed by atoms with van der Waals surface area (Å²) in [5.74, 6) is 2.74. The van der Waals surface area contributed by atoms with Crippen molar-refractivity contribution in [1.29, 1.82) is 0 Å². The molecule has 1 heterocycles. The van der Waals surface area contributed by atoms with Gasteiger partial charge in [-0.15, -0.1) is 0 Å². The van der Waals surface area contributed by atoms with E-state index in [2.05, 4.69) is 10.1 Å². The van der Waals surface area contributed by atoms with E-state index in [1.54, 1.807) is 18.9 Å². The van der Waals surface area contributed by atoms with Crippen LogP contribution in [-0.2, 0) is 13.6 Å². The third-order valence-electron chi connectivity index (χ3n) is 2.64. The van der Waals surface area contributed by atoms with Crippen LogP contribution in [0.3, 0.4) is 0 Å². The van der Waals surface area contributed by atoms with Crippen molar-refractivity contribution in [3.05, 3.63) is 24.0 Å². The minimum atomic E-state index is 0.312. The first-order valence-corrected chi connectivity index (χ1v) is 5.52. The van der Waals surface area contributed by atoms with Gasteiger partial charge in [0.15, 0.2) is 11.6 Å². The number of rotatable bonds is 4. The molecule has 96 valence electrons. The molecule has 0 saturated carbocycles. The lowest BCUT2D eigenvalue weighted by molar-refractivity contribution is 0.395. The highest BCUT2D eigenvalue weighted by Crippen LogP contribution is 2.31. The largest absolute Gasteiger partial charge is 0.497 e. The molecule has 18 heavy (non-hydrogen) atoms. The van der Waals surface area contributed by atoms with Crippen LogP contribution in [0.1, 0.15) is 5.82 Å². The van der Waals surface area contributed by atoms with Crippen molar-refractivity contribution in [2.24, 2.45) is 12.8 Å². The molecular formula is C12H16N4O2. The van der Waals surface area contributed by atoms with Crippen molar-refractivity contribution in [1.82, 2.24) is 14.8 Å². The van der Waals surface area contributed by atoms with Crippen molar-refractivity contribution < 1.29 is 9.47 Å². The monoisotopic (exact) mass is 248 g/mol. The first-order chi connectivity index (χ1) is 8.69. The average molecular weight is 248 g/mol. The predicted octanol–water partition coefficient (Wildman–Crippen LogP) is 0.958. The van der Waals surface area contributed by atoms with E-state index in [0.29, 0.717) is 18.1 Å². The Morgan fingerprint density at radius 1 is 1.28 bits per heavy atom. The van der Waals surface area contributed by atoms with Crippen LogP contribution >= 0.6 is 0 Å². The lowest BCUT2D eigenvalue weighted by Crippen LogP contribution is -1.99. The van der Waals surface area contributed by atoms with Gasteiger partial charge in [-0.1, -0.05) is 0 Å². The zero-order valence-corrected chi connectivity index (χ0v) is 10.7. The zero-order chi connectivity index (χ0) is 13.1. The molecule has 0 atom stereocenters. The van der Waals surface area contributed by atoms with E-state index < -0.39 is 0 Å². The standard InChI is InChI=1S/C12H16N4O2/c1-16-12(14-11(7-13)15-16)9-5-4-8(17-2)6-10(9)18-3/h4-6H,7,13H2,1-3H3. The molecule has 0 aliphatic carbocycles. The van der Waals surface area contributed by atoms with E-state index in [0.717, 1.165) is 17.1 Å². The summed E-state index contributed by atoms with van der Waals surface area (Å²) in [4.78, 5) is 4.37. The van der Waals surface area contributed by atoms with E-state index in [4.69, 9.17) is 15.2 Å². The number of benzene rings is 1. The number of ether oxygens (including phenoxy) is 2. The van der Waals surface area contributed by atoms with Gasteiger partial charge < -0.3 is 15.2 Å². The first kappa shape index (κ1) is 12.4. The smallest absolute Gasteiger partial charge is 0.164 e. The van der Waals surface area contributed by atoms with Crippen LogP contribution in [0.25, 0.3) is 11.4 Å². The average Bonchev–Trinajstić information content (AvgIpc) is 2.79. The Bertz CT molecular complexity index is 551. The molecule has 0 spiro atoms. The van der Waals surface area contributed by atoms with Crippen molar-refractivity contribution in [3.8, 4) is 22.9 Å². The summed E-state index contributed by atoms with van der Waals surface area (Å²) in [6, 6.07) is 5.56. The third-order valence-corrected chi connectivity index (χ3v) is 2.64. The highest BCUT2D eigenvalue weighted by atomic mass is 16.5. The van der Waals surface area contributed by atoms with E-state index in [9.17, 15) is 0 Å². The van der Waals surface area contributed by atoms with Crippen molar-refractivity contribution in [2.45, 2.75) is 6.54 Å². The van der Waals surface area contributed by atoms with Gasteiger partial charge in [0.05, 0.1) is 26.3 Å². The third kappa shape index (κ3) is 2.14. The summed E-state index contributed by atoms with van der Waals surface area (Å²) in [7, 11) is 5.05. The molecule has 2 rings (SSSR count). The molecule has 2 N–H and O–H groups in total. The van der Waals surface area contributed by atoms with Crippen LogP contribution in [0.5, 0.6) is 11.5 Å². The Morgan fingerprint density at radius 2 is 2.06 bits per heavy atom. The summed E-state index contributed by atoms with van der Waals surface area (Å²) >= 11 is 0. The summed E-state index contributed by atoms with van der Waals surface area (Å²) in [6.07, 6.45) is 0. The fourth-order valence-corrected chi connectivity index (χ4v) is 1.74. The lowest BCUT2D eigenvalue weighted by atomic mass is 10.2. The number of aromatic nitrogens is 3. The summed E-state index contributed by atoms with van der Waals surface area (Å²) < 4.78 is 12.2. The van der Waals surface area contributed by atoms with E-state index in [1.165, 1.54) is 0 Å². The first-order valence-electron chi connectivity index (χ1n) is 5.52. The SMILES string of the molecule is COc1ccc(-c2nc(CN)nn2C)c(OC)c1. The summed E-state index contributed by atoms with van der Waals surface area (Å²) in [5, 5.41) is 4.22. The molecule has 6 nitrogen and oxygen atoms in total. The quantitative estimate of drug-likeness (QED) is 0.872. The molecular weight excluding hydrogens is 232 g/mol. The van der Waals surface area contributed by atoms with Gasteiger partial charge in [0.25, 0.3) is 0 Å². The van der Waals surface area contributed by atoms with Crippen molar-refractivity contribution >= 4 is 0 Å². The Kier molecular flexibility index (Phi) is 3.47. The van der Waals surface area contributed by atoms with Gasteiger partial charge in [0, 0.05) is 13.1 Å². The predicted molar refractivity (Wildman–Crippen MR) is 67.4 cm³/mol. The number of methoxy groups -OCH3 is 2. The Balaban J connectivity index is 2.52. The maximum absolute atomic E-state index is 5.54. The molecule has 0 unspecified atom stereocenters.